The van der Waals surface area contributed by atoms with Crippen molar-refractivity contribution in [3.63, 3.8) is 0 Å². The van der Waals surface area contributed by atoms with Gasteiger partial charge in [0.1, 0.15) is 0 Å². The minimum absolute atomic E-state index is 0.255. The van der Waals surface area contributed by atoms with E-state index in [9.17, 15) is 4.79 Å². The van der Waals surface area contributed by atoms with Crippen LogP contribution in [0.15, 0.2) is 42.5 Å². The Kier molecular flexibility index (Phi) is 3.53. The van der Waals surface area contributed by atoms with E-state index in [1.807, 2.05) is 13.0 Å². The number of benzene rings is 2. The first-order valence-corrected chi connectivity index (χ1v) is 5.81. The Hall–Kier alpha value is -2.00. The number of nitrogens with one attached hydrogen (secondary N) is 1. The van der Waals surface area contributed by atoms with E-state index in [2.05, 4.69) is 5.32 Å². The van der Waals surface area contributed by atoms with E-state index < -0.39 is 5.97 Å². The molecule has 0 heterocycles. The van der Waals surface area contributed by atoms with E-state index in [1.54, 1.807) is 36.4 Å². The molecule has 4 heteroatoms. The quantitative estimate of drug-likeness (QED) is 0.875. The maximum atomic E-state index is 11.2. The third-order valence-corrected chi connectivity index (χ3v) is 2.87. The average Bonchev–Trinajstić information content (AvgIpc) is 2.34. The van der Waals surface area contributed by atoms with E-state index in [-0.39, 0.29) is 5.56 Å². The second-order valence-corrected chi connectivity index (χ2v) is 4.37. The van der Waals surface area contributed by atoms with Crippen molar-refractivity contribution in [2.45, 2.75) is 6.92 Å². The number of rotatable bonds is 3. The minimum atomic E-state index is -0.949. The largest absolute Gasteiger partial charge is 0.478 e. The highest BCUT2D eigenvalue weighted by atomic mass is 35.5. The van der Waals surface area contributed by atoms with E-state index in [1.165, 1.54) is 0 Å². The Morgan fingerprint density at radius 1 is 1.17 bits per heavy atom. The van der Waals surface area contributed by atoms with Crippen molar-refractivity contribution in [2.75, 3.05) is 5.32 Å². The van der Waals surface area contributed by atoms with Crippen molar-refractivity contribution in [3.05, 3.63) is 58.6 Å². The third-order valence-electron chi connectivity index (χ3n) is 2.62. The van der Waals surface area contributed by atoms with Gasteiger partial charge in [0.05, 0.1) is 11.3 Å². The third kappa shape index (κ3) is 2.63. The Balaban J connectivity index is 2.39. The molecule has 0 unspecified atom stereocenters. The highest BCUT2D eigenvalue weighted by Crippen LogP contribution is 2.25. The molecule has 92 valence electrons. The number of halogens is 1. The molecule has 0 spiro atoms. The van der Waals surface area contributed by atoms with Gasteiger partial charge in [0.2, 0.25) is 0 Å². The minimum Gasteiger partial charge on any atom is -0.478 e. The Labute approximate surface area is 110 Å². The summed E-state index contributed by atoms with van der Waals surface area (Å²) < 4.78 is 0. The summed E-state index contributed by atoms with van der Waals surface area (Å²) in [7, 11) is 0. The number of hydrogen-bond acceptors (Lipinski definition) is 2. The number of aryl methyl sites for hydroxylation is 1. The fraction of sp³-hybridized carbons (Fsp3) is 0.0714. The highest BCUT2D eigenvalue weighted by molar-refractivity contribution is 6.30. The molecule has 2 N–H and O–H groups in total. The predicted octanol–water partition coefficient (Wildman–Crippen LogP) is 4.09. The second-order valence-electron chi connectivity index (χ2n) is 3.93. The number of carboxylic acids is 1. The maximum Gasteiger partial charge on any atom is 0.337 e. The van der Waals surface area contributed by atoms with E-state index in [4.69, 9.17) is 16.7 Å². The van der Waals surface area contributed by atoms with E-state index in [0.29, 0.717) is 10.7 Å². The van der Waals surface area contributed by atoms with Crippen molar-refractivity contribution in [3.8, 4) is 0 Å². The van der Waals surface area contributed by atoms with Crippen molar-refractivity contribution in [1.82, 2.24) is 0 Å². The van der Waals surface area contributed by atoms with Gasteiger partial charge in [0.25, 0.3) is 0 Å². The van der Waals surface area contributed by atoms with Crippen molar-refractivity contribution < 1.29 is 9.90 Å². The summed E-state index contributed by atoms with van der Waals surface area (Å²) in [6.07, 6.45) is 0. The molecule has 0 aliphatic rings. The zero-order valence-electron chi connectivity index (χ0n) is 9.77. The van der Waals surface area contributed by atoms with Crippen LogP contribution in [0.3, 0.4) is 0 Å². The van der Waals surface area contributed by atoms with Crippen LogP contribution in [0.1, 0.15) is 15.9 Å². The Morgan fingerprint density at radius 3 is 2.44 bits per heavy atom. The summed E-state index contributed by atoms with van der Waals surface area (Å²) in [5.41, 5.74) is 2.54. The standard InChI is InChI=1S/C14H12ClNO2/c1-9-3-2-4-12(14(17)18)13(9)16-11-7-5-10(15)6-8-11/h2-8,16H,1H3,(H,17,18). The molecule has 3 nitrogen and oxygen atoms in total. The second kappa shape index (κ2) is 5.10. The SMILES string of the molecule is Cc1cccc(C(=O)O)c1Nc1ccc(Cl)cc1. The lowest BCUT2D eigenvalue weighted by Crippen LogP contribution is -2.04. The first kappa shape index (κ1) is 12.5. The smallest absolute Gasteiger partial charge is 0.337 e. The van der Waals surface area contributed by atoms with Gasteiger partial charge in [-0.25, -0.2) is 4.79 Å². The van der Waals surface area contributed by atoms with Gasteiger partial charge in [-0.05, 0) is 42.8 Å². The number of carbonyl (C=O) groups is 1. The first-order valence-electron chi connectivity index (χ1n) is 5.43. The molecule has 2 rings (SSSR count). The summed E-state index contributed by atoms with van der Waals surface area (Å²) in [5, 5.41) is 12.9. The summed E-state index contributed by atoms with van der Waals surface area (Å²) in [5.74, 6) is -0.949. The summed E-state index contributed by atoms with van der Waals surface area (Å²) in [4.78, 5) is 11.2. The molecule has 0 saturated heterocycles. The van der Waals surface area contributed by atoms with Crippen molar-refractivity contribution in [1.29, 1.82) is 0 Å². The molecule has 0 aromatic heterocycles. The lowest BCUT2D eigenvalue weighted by molar-refractivity contribution is 0.0698. The molecule has 0 aliphatic heterocycles. The normalized spacial score (nSPS) is 10.1. The molecule has 0 radical (unpaired) electrons. The lowest BCUT2D eigenvalue weighted by atomic mass is 10.1. The summed E-state index contributed by atoms with van der Waals surface area (Å²) >= 11 is 5.81. The van der Waals surface area contributed by atoms with Crippen LogP contribution in [0, 0.1) is 6.92 Å². The predicted molar refractivity (Wildman–Crippen MR) is 72.9 cm³/mol. The fourth-order valence-corrected chi connectivity index (χ4v) is 1.82. The van der Waals surface area contributed by atoms with Crippen LogP contribution in [0.2, 0.25) is 5.02 Å². The molecular weight excluding hydrogens is 250 g/mol. The lowest BCUT2D eigenvalue weighted by Gasteiger charge is -2.12. The molecule has 0 fully saturated rings. The topological polar surface area (TPSA) is 49.3 Å². The maximum absolute atomic E-state index is 11.2. The van der Waals surface area contributed by atoms with Crippen molar-refractivity contribution in [2.24, 2.45) is 0 Å². The van der Waals surface area contributed by atoms with Crippen LogP contribution < -0.4 is 5.32 Å². The van der Waals surface area contributed by atoms with Gasteiger partial charge in [-0.2, -0.15) is 0 Å². The van der Waals surface area contributed by atoms with E-state index >= 15 is 0 Å². The number of carboxylic acid groups (broad SMARTS) is 1. The number of hydrogen-bond donors (Lipinski definition) is 2. The summed E-state index contributed by atoms with van der Waals surface area (Å²) in [6, 6.07) is 12.3. The van der Waals surface area contributed by atoms with Gasteiger partial charge < -0.3 is 10.4 Å². The van der Waals surface area contributed by atoms with Crippen LogP contribution in [0.25, 0.3) is 0 Å². The zero-order valence-corrected chi connectivity index (χ0v) is 10.5. The molecule has 2 aromatic rings. The Morgan fingerprint density at radius 2 is 1.83 bits per heavy atom. The molecule has 18 heavy (non-hydrogen) atoms. The van der Waals surface area contributed by atoms with Crippen LogP contribution in [-0.2, 0) is 0 Å². The van der Waals surface area contributed by atoms with Crippen LogP contribution in [0.4, 0.5) is 11.4 Å². The highest BCUT2D eigenvalue weighted by Gasteiger charge is 2.11. The number of anilines is 2. The van der Waals surface area contributed by atoms with Crippen molar-refractivity contribution >= 4 is 28.9 Å². The van der Waals surface area contributed by atoms with Gasteiger partial charge in [-0.15, -0.1) is 0 Å². The molecular formula is C14H12ClNO2. The number of para-hydroxylation sites is 1. The average molecular weight is 262 g/mol. The van der Waals surface area contributed by atoms with Crippen LogP contribution in [0.5, 0.6) is 0 Å². The molecule has 0 aliphatic carbocycles. The molecule has 0 bridgehead atoms. The first-order chi connectivity index (χ1) is 8.58. The molecule has 0 saturated carbocycles. The number of aromatic carboxylic acids is 1. The van der Waals surface area contributed by atoms with Gasteiger partial charge >= 0.3 is 5.97 Å². The van der Waals surface area contributed by atoms with E-state index in [0.717, 1.165) is 11.3 Å². The molecule has 2 aromatic carbocycles. The van der Waals surface area contributed by atoms with Gasteiger partial charge in [0, 0.05) is 10.7 Å². The van der Waals surface area contributed by atoms with Gasteiger partial charge in [-0.1, -0.05) is 23.7 Å². The van der Waals surface area contributed by atoms with Crippen LogP contribution >= 0.6 is 11.6 Å². The van der Waals surface area contributed by atoms with Crippen LogP contribution in [-0.4, -0.2) is 11.1 Å². The van der Waals surface area contributed by atoms with Gasteiger partial charge in [-0.3, -0.25) is 0 Å². The summed E-state index contributed by atoms with van der Waals surface area (Å²) in [6.45, 7) is 1.87. The fourth-order valence-electron chi connectivity index (χ4n) is 1.69. The molecule has 0 atom stereocenters. The monoisotopic (exact) mass is 261 g/mol. The Bertz CT molecular complexity index is 579. The molecule has 0 amide bonds. The zero-order chi connectivity index (χ0) is 13.1. The van der Waals surface area contributed by atoms with Gasteiger partial charge in [0.15, 0.2) is 0 Å².